The second kappa shape index (κ2) is 10.9. The molecule has 0 radical (unpaired) electrons. The lowest BCUT2D eigenvalue weighted by atomic mass is 10.1. The van der Waals surface area contributed by atoms with Crippen molar-refractivity contribution in [1.82, 2.24) is 4.98 Å². The Morgan fingerprint density at radius 2 is 1.63 bits per heavy atom. The van der Waals surface area contributed by atoms with Gasteiger partial charge in [-0.3, -0.25) is 10.1 Å². The monoisotopic (exact) mass is 468 g/mol. The third kappa shape index (κ3) is 5.79. The Hall–Kier alpha value is -4.74. The first-order valence-corrected chi connectivity index (χ1v) is 10.7. The molecule has 35 heavy (non-hydrogen) atoms. The minimum Gasteiger partial charge on any atom is -0.488 e. The largest absolute Gasteiger partial charge is 0.488 e. The van der Waals surface area contributed by atoms with Crippen LogP contribution in [0.3, 0.4) is 0 Å². The number of ether oxygens (including phenoxy) is 2. The average Bonchev–Trinajstić information content (AvgIpc) is 2.87. The molecule has 0 unspecified atom stereocenters. The first kappa shape index (κ1) is 23.4. The summed E-state index contributed by atoms with van der Waals surface area (Å²) in [5.41, 5.74) is 1.48. The zero-order valence-corrected chi connectivity index (χ0v) is 18.5. The molecule has 4 rings (SSSR count). The molecule has 0 atom stereocenters. The lowest BCUT2D eigenvalue weighted by molar-refractivity contribution is -0.383. The molecule has 4 aromatic rings. The highest BCUT2D eigenvalue weighted by molar-refractivity contribution is 6.00. The molecule has 0 saturated carbocycles. The van der Waals surface area contributed by atoms with Gasteiger partial charge >= 0.3 is 5.97 Å². The number of hydrogen-bond donors (Lipinski definition) is 1. The summed E-state index contributed by atoms with van der Waals surface area (Å²) in [5.74, 6) is 4.70. The maximum absolute atomic E-state index is 11.7. The Labute approximate surface area is 200 Å². The summed E-state index contributed by atoms with van der Waals surface area (Å²) >= 11 is 0. The highest BCUT2D eigenvalue weighted by Crippen LogP contribution is 2.35. The molecule has 0 bridgehead atoms. The number of pyridine rings is 1. The van der Waals surface area contributed by atoms with Crippen LogP contribution in [0.1, 0.15) is 27.2 Å². The molecular weight excluding hydrogens is 448 g/mol. The van der Waals surface area contributed by atoms with E-state index < -0.39 is 10.9 Å². The molecule has 174 valence electrons. The number of carboxylic acid groups (broad SMARTS) is 1. The van der Waals surface area contributed by atoms with E-state index in [-0.39, 0.29) is 41.2 Å². The number of benzene rings is 3. The van der Waals surface area contributed by atoms with Gasteiger partial charge in [0.05, 0.1) is 16.9 Å². The number of nitro groups is 1. The van der Waals surface area contributed by atoms with Gasteiger partial charge in [-0.25, -0.2) is 9.78 Å². The van der Waals surface area contributed by atoms with E-state index in [2.05, 4.69) is 16.8 Å². The van der Waals surface area contributed by atoms with Crippen molar-refractivity contribution in [3.63, 3.8) is 0 Å². The summed E-state index contributed by atoms with van der Waals surface area (Å²) in [6, 6.07) is 22.9. The van der Waals surface area contributed by atoms with Gasteiger partial charge in [-0.1, -0.05) is 72.5 Å². The molecule has 0 aliphatic rings. The van der Waals surface area contributed by atoms with Gasteiger partial charge in [-0.15, -0.1) is 0 Å². The van der Waals surface area contributed by atoms with Crippen molar-refractivity contribution >= 4 is 22.6 Å². The van der Waals surface area contributed by atoms with E-state index in [4.69, 9.17) is 9.47 Å². The number of aromatic nitrogens is 1. The van der Waals surface area contributed by atoms with E-state index in [1.807, 2.05) is 60.7 Å². The van der Waals surface area contributed by atoms with Crippen LogP contribution < -0.4 is 4.74 Å². The fourth-order valence-corrected chi connectivity index (χ4v) is 3.43. The molecule has 0 amide bonds. The molecule has 0 aliphatic carbocycles. The summed E-state index contributed by atoms with van der Waals surface area (Å²) < 4.78 is 11.5. The first-order chi connectivity index (χ1) is 17.0. The van der Waals surface area contributed by atoms with Gasteiger partial charge in [-0.05, 0) is 17.2 Å². The Bertz CT molecular complexity index is 1430. The summed E-state index contributed by atoms with van der Waals surface area (Å²) in [5, 5.41) is 21.4. The Kier molecular flexibility index (Phi) is 7.31. The van der Waals surface area contributed by atoms with Crippen LogP contribution in [0.15, 0.2) is 78.9 Å². The lowest BCUT2D eigenvalue weighted by Crippen LogP contribution is -2.05. The summed E-state index contributed by atoms with van der Waals surface area (Å²) in [6.45, 7) is 0.661. The third-order valence-corrected chi connectivity index (χ3v) is 5.06. The molecule has 1 aromatic heterocycles. The van der Waals surface area contributed by atoms with Crippen LogP contribution in [0.2, 0.25) is 0 Å². The maximum Gasteiger partial charge on any atom is 0.354 e. The van der Waals surface area contributed by atoms with Crippen molar-refractivity contribution < 1.29 is 24.3 Å². The first-order valence-electron chi connectivity index (χ1n) is 10.7. The molecule has 3 aromatic carbocycles. The van der Waals surface area contributed by atoms with E-state index in [1.54, 1.807) is 0 Å². The number of non-ortho nitro benzene ring substituents is 1. The summed E-state index contributed by atoms with van der Waals surface area (Å²) in [7, 11) is 0. The van der Waals surface area contributed by atoms with Gasteiger partial charge in [0.25, 0.3) is 5.69 Å². The number of carbonyl (C=O) groups is 1. The number of carboxylic acids is 1. The Morgan fingerprint density at radius 1 is 0.971 bits per heavy atom. The normalized spacial score (nSPS) is 10.4. The van der Waals surface area contributed by atoms with Gasteiger partial charge in [-0.2, -0.15) is 0 Å². The summed E-state index contributed by atoms with van der Waals surface area (Å²) in [6.07, 6.45) is 0. The minimum absolute atomic E-state index is 0.102. The molecule has 1 heterocycles. The van der Waals surface area contributed by atoms with Gasteiger partial charge in [0.1, 0.15) is 19.0 Å². The van der Waals surface area contributed by atoms with E-state index >= 15 is 0 Å². The molecule has 0 aliphatic heterocycles. The topological polar surface area (TPSA) is 112 Å². The predicted molar refractivity (Wildman–Crippen MR) is 129 cm³/mol. The Morgan fingerprint density at radius 3 is 2.26 bits per heavy atom. The minimum atomic E-state index is -1.32. The maximum atomic E-state index is 11.7. The van der Waals surface area contributed by atoms with Crippen LogP contribution in [-0.2, 0) is 18.0 Å². The van der Waals surface area contributed by atoms with E-state index in [0.717, 1.165) is 11.1 Å². The highest BCUT2D eigenvalue weighted by atomic mass is 16.6. The molecular formula is C27H20N2O6. The number of nitrogens with zero attached hydrogens (tertiary/aromatic N) is 2. The zero-order valence-electron chi connectivity index (χ0n) is 18.5. The third-order valence-electron chi connectivity index (χ3n) is 5.06. The van der Waals surface area contributed by atoms with Crippen LogP contribution >= 0.6 is 0 Å². The van der Waals surface area contributed by atoms with Crippen LogP contribution in [0.25, 0.3) is 10.9 Å². The van der Waals surface area contributed by atoms with Gasteiger partial charge in [0.2, 0.25) is 0 Å². The van der Waals surface area contributed by atoms with Gasteiger partial charge < -0.3 is 14.6 Å². The SMILES string of the molecule is O=C(O)c1cc(OCc2ccccc2)c2c(C#CCOCc3ccccc3)ccc([N+](=O)[O-])c2n1. The van der Waals surface area contributed by atoms with Gasteiger partial charge in [0.15, 0.2) is 11.2 Å². The average molecular weight is 468 g/mol. The Balaban J connectivity index is 1.70. The number of rotatable bonds is 8. The van der Waals surface area contributed by atoms with Crippen molar-refractivity contribution in [1.29, 1.82) is 0 Å². The van der Waals surface area contributed by atoms with Crippen LogP contribution in [-0.4, -0.2) is 27.6 Å². The van der Waals surface area contributed by atoms with Crippen LogP contribution in [0, 0.1) is 22.0 Å². The van der Waals surface area contributed by atoms with E-state index in [1.165, 1.54) is 18.2 Å². The van der Waals surface area contributed by atoms with Crippen molar-refractivity contribution in [3.05, 3.63) is 111 Å². The molecule has 0 spiro atoms. The zero-order chi connectivity index (χ0) is 24.6. The van der Waals surface area contributed by atoms with Gasteiger partial charge in [0, 0.05) is 17.7 Å². The number of fused-ring (bicyclic) bond motifs is 1. The van der Waals surface area contributed by atoms with Crippen molar-refractivity contribution in [2.75, 3.05) is 6.61 Å². The molecule has 0 saturated heterocycles. The molecule has 8 nitrogen and oxygen atoms in total. The van der Waals surface area contributed by atoms with Crippen molar-refractivity contribution in [2.45, 2.75) is 13.2 Å². The second-order valence-corrected chi connectivity index (χ2v) is 7.48. The van der Waals surface area contributed by atoms with E-state index in [9.17, 15) is 20.0 Å². The fraction of sp³-hybridized carbons (Fsp3) is 0.111. The van der Waals surface area contributed by atoms with Crippen molar-refractivity contribution in [3.8, 4) is 17.6 Å². The quantitative estimate of drug-likeness (QED) is 0.168. The number of hydrogen-bond acceptors (Lipinski definition) is 6. The van der Waals surface area contributed by atoms with Crippen LogP contribution in [0.5, 0.6) is 5.75 Å². The predicted octanol–water partition coefficient (Wildman–Crippen LogP) is 4.99. The second-order valence-electron chi connectivity index (χ2n) is 7.48. The number of aromatic carboxylic acids is 1. The molecule has 8 heteroatoms. The van der Waals surface area contributed by atoms with E-state index in [0.29, 0.717) is 12.2 Å². The fourth-order valence-electron chi connectivity index (χ4n) is 3.43. The molecule has 0 fully saturated rings. The highest BCUT2D eigenvalue weighted by Gasteiger charge is 2.22. The lowest BCUT2D eigenvalue weighted by Gasteiger charge is -2.12. The summed E-state index contributed by atoms with van der Waals surface area (Å²) in [4.78, 5) is 26.7. The molecule has 1 N–H and O–H groups in total. The smallest absolute Gasteiger partial charge is 0.354 e. The standard InChI is InChI=1S/C27H20N2O6/c30-27(31)22-16-24(35-18-20-10-5-2-6-11-20)25-21(13-14-23(29(32)33)26(25)28-22)12-7-15-34-17-19-8-3-1-4-9-19/h1-6,8-11,13-14,16H,15,17-18H2,(H,30,31). The van der Waals surface area contributed by atoms with Crippen molar-refractivity contribution in [2.24, 2.45) is 0 Å². The number of nitro benzene ring substituents is 1. The van der Waals surface area contributed by atoms with Crippen LogP contribution in [0.4, 0.5) is 5.69 Å².